The number of para-hydroxylation sites is 1. The van der Waals surface area contributed by atoms with Crippen molar-refractivity contribution in [2.45, 2.75) is 58.1 Å². The van der Waals surface area contributed by atoms with E-state index in [4.69, 9.17) is 4.74 Å². The number of hydrogen-bond acceptors (Lipinski definition) is 3. The first kappa shape index (κ1) is 18.0. The predicted octanol–water partition coefficient (Wildman–Crippen LogP) is 4.56. The Labute approximate surface area is 147 Å². The maximum atomic E-state index is 13.7. The van der Waals surface area contributed by atoms with Gasteiger partial charge in [0.1, 0.15) is 22.9 Å². The van der Waals surface area contributed by atoms with Crippen LogP contribution in [0.25, 0.3) is 0 Å². The SMILES string of the molecule is CC(C)(C)OC(=O)N1CCC2(CC1)CC(Nc1c(F)cccc1F)C2. The smallest absolute Gasteiger partial charge is 0.410 e. The highest BCUT2D eigenvalue weighted by atomic mass is 19.1. The number of amides is 1. The number of likely N-dealkylation sites (tertiary alicyclic amines) is 1. The van der Waals surface area contributed by atoms with E-state index in [2.05, 4.69) is 5.32 Å². The minimum absolute atomic E-state index is 0.0338. The molecule has 0 atom stereocenters. The summed E-state index contributed by atoms with van der Waals surface area (Å²) in [4.78, 5) is 13.9. The molecule has 138 valence electrons. The van der Waals surface area contributed by atoms with Crippen molar-refractivity contribution < 1.29 is 18.3 Å². The zero-order valence-corrected chi connectivity index (χ0v) is 15.1. The minimum Gasteiger partial charge on any atom is -0.444 e. The van der Waals surface area contributed by atoms with Crippen molar-refractivity contribution in [3.05, 3.63) is 29.8 Å². The average molecular weight is 352 g/mol. The summed E-state index contributed by atoms with van der Waals surface area (Å²) >= 11 is 0. The zero-order chi connectivity index (χ0) is 18.2. The Morgan fingerprint density at radius 3 is 2.28 bits per heavy atom. The quantitative estimate of drug-likeness (QED) is 0.848. The van der Waals surface area contributed by atoms with Gasteiger partial charge in [-0.05, 0) is 64.0 Å². The molecule has 6 heteroatoms. The van der Waals surface area contributed by atoms with E-state index in [0.29, 0.717) is 13.1 Å². The van der Waals surface area contributed by atoms with E-state index in [1.54, 1.807) is 4.90 Å². The molecular formula is C19H26F2N2O2. The molecule has 2 fully saturated rings. The fraction of sp³-hybridized carbons (Fsp3) is 0.632. The van der Waals surface area contributed by atoms with Crippen LogP contribution in [0.1, 0.15) is 46.5 Å². The maximum Gasteiger partial charge on any atom is 0.410 e. The van der Waals surface area contributed by atoms with Crippen molar-refractivity contribution in [3.8, 4) is 0 Å². The summed E-state index contributed by atoms with van der Waals surface area (Å²) in [6, 6.07) is 3.97. The molecule has 0 bridgehead atoms. The summed E-state index contributed by atoms with van der Waals surface area (Å²) in [5.74, 6) is -1.11. The van der Waals surface area contributed by atoms with Gasteiger partial charge >= 0.3 is 6.09 Å². The Balaban J connectivity index is 1.49. The number of rotatable bonds is 2. The van der Waals surface area contributed by atoms with Crippen molar-refractivity contribution >= 4 is 11.8 Å². The molecule has 1 saturated carbocycles. The molecular weight excluding hydrogens is 326 g/mol. The summed E-state index contributed by atoms with van der Waals surface area (Å²) in [5.41, 5.74) is -0.340. The standard InChI is InChI=1S/C19H26F2N2O2/c1-18(2,3)25-17(24)23-9-7-19(8-10-23)11-13(12-19)22-16-14(20)5-4-6-15(16)21/h4-6,13,22H,7-12H2,1-3H3. The van der Waals surface area contributed by atoms with Gasteiger partial charge in [0.15, 0.2) is 0 Å². The highest BCUT2D eigenvalue weighted by molar-refractivity contribution is 5.68. The van der Waals surface area contributed by atoms with E-state index in [1.807, 2.05) is 20.8 Å². The topological polar surface area (TPSA) is 41.6 Å². The minimum atomic E-state index is -0.555. The van der Waals surface area contributed by atoms with E-state index in [-0.39, 0.29) is 23.2 Å². The molecule has 25 heavy (non-hydrogen) atoms. The summed E-state index contributed by atoms with van der Waals surface area (Å²) in [6.45, 7) is 6.94. The van der Waals surface area contributed by atoms with Gasteiger partial charge in [0.05, 0.1) is 0 Å². The van der Waals surface area contributed by atoms with Gasteiger partial charge in [-0.2, -0.15) is 0 Å². The normalized spacial score (nSPS) is 20.3. The Hall–Kier alpha value is -1.85. The fourth-order valence-electron chi connectivity index (χ4n) is 3.83. The average Bonchev–Trinajstić information content (AvgIpc) is 2.48. The van der Waals surface area contributed by atoms with Gasteiger partial charge in [-0.3, -0.25) is 0 Å². The van der Waals surface area contributed by atoms with Gasteiger partial charge in [-0.1, -0.05) is 6.07 Å². The largest absolute Gasteiger partial charge is 0.444 e. The Bertz CT molecular complexity index is 621. The number of halogens is 2. The summed E-state index contributed by atoms with van der Waals surface area (Å²) in [6.07, 6.45) is 3.31. The zero-order valence-electron chi connectivity index (χ0n) is 15.1. The second-order valence-electron chi connectivity index (χ2n) is 8.31. The number of ether oxygens (including phenoxy) is 1. The lowest BCUT2D eigenvalue weighted by molar-refractivity contribution is -0.00867. The van der Waals surface area contributed by atoms with Crippen molar-refractivity contribution in [3.63, 3.8) is 0 Å². The number of benzene rings is 1. The molecule has 1 amide bonds. The lowest BCUT2D eigenvalue weighted by atomic mass is 9.60. The Morgan fingerprint density at radius 2 is 1.76 bits per heavy atom. The fourth-order valence-corrected chi connectivity index (χ4v) is 3.83. The van der Waals surface area contributed by atoms with Crippen LogP contribution in [-0.2, 0) is 4.74 Å². The molecule has 2 aliphatic rings. The van der Waals surface area contributed by atoms with Crippen LogP contribution in [0, 0.1) is 17.0 Å². The molecule has 1 saturated heterocycles. The van der Waals surface area contributed by atoms with Crippen LogP contribution in [0.4, 0.5) is 19.3 Å². The number of carbonyl (C=O) groups excluding carboxylic acids is 1. The summed E-state index contributed by atoms with van der Waals surface area (Å²) in [5, 5.41) is 3.00. The van der Waals surface area contributed by atoms with Crippen LogP contribution < -0.4 is 5.32 Å². The predicted molar refractivity (Wildman–Crippen MR) is 92.5 cm³/mol. The van der Waals surface area contributed by atoms with E-state index in [0.717, 1.165) is 25.7 Å². The van der Waals surface area contributed by atoms with Crippen molar-refractivity contribution in [2.24, 2.45) is 5.41 Å². The molecule has 0 unspecified atom stereocenters. The van der Waals surface area contributed by atoms with Gasteiger partial charge < -0.3 is 15.0 Å². The van der Waals surface area contributed by atoms with E-state index >= 15 is 0 Å². The lowest BCUT2D eigenvalue weighted by Crippen LogP contribution is -2.53. The molecule has 0 radical (unpaired) electrons. The first-order valence-corrected chi connectivity index (χ1v) is 8.86. The van der Waals surface area contributed by atoms with Crippen LogP contribution in [0.15, 0.2) is 18.2 Å². The first-order chi connectivity index (χ1) is 11.7. The van der Waals surface area contributed by atoms with Gasteiger partial charge in [-0.25, -0.2) is 13.6 Å². The molecule has 1 heterocycles. The molecule has 1 aromatic rings. The molecule has 0 aromatic heterocycles. The van der Waals surface area contributed by atoms with E-state index in [9.17, 15) is 13.6 Å². The van der Waals surface area contributed by atoms with Crippen molar-refractivity contribution in [1.29, 1.82) is 0 Å². The molecule has 1 aliphatic carbocycles. The highest BCUT2D eigenvalue weighted by Crippen LogP contribution is 2.50. The van der Waals surface area contributed by atoms with Gasteiger partial charge in [0, 0.05) is 19.1 Å². The van der Waals surface area contributed by atoms with Crippen molar-refractivity contribution in [2.75, 3.05) is 18.4 Å². The number of piperidine rings is 1. The molecule has 1 aliphatic heterocycles. The van der Waals surface area contributed by atoms with Crippen LogP contribution >= 0.6 is 0 Å². The first-order valence-electron chi connectivity index (χ1n) is 8.86. The van der Waals surface area contributed by atoms with E-state index in [1.165, 1.54) is 18.2 Å². The molecule has 1 N–H and O–H groups in total. The Morgan fingerprint density at radius 1 is 1.20 bits per heavy atom. The third-order valence-electron chi connectivity index (χ3n) is 5.15. The number of nitrogens with zero attached hydrogens (tertiary/aromatic N) is 1. The molecule has 1 spiro atoms. The van der Waals surface area contributed by atoms with Crippen LogP contribution in [0.3, 0.4) is 0 Å². The monoisotopic (exact) mass is 352 g/mol. The third kappa shape index (κ3) is 4.05. The van der Waals surface area contributed by atoms with E-state index < -0.39 is 17.2 Å². The van der Waals surface area contributed by atoms with Gasteiger partial charge in [-0.15, -0.1) is 0 Å². The number of nitrogens with one attached hydrogen (secondary N) is 1. The molecule has 4 nitrogen and oxygen atoms in total. The molecule has 3 rings (SSSR count). The number of hydrogen-bond donors (Lipinski definition) is 1. The Kier molecular flexibility index (Phi) is 4.64. The van der Waals surface area contributed by atoms with Gasteiger partial charge in [0.25, 0.3) is 0 Å². The second kappa shape index (κ2) is 6.46. The second-order valence-corrected chi connectivity index (χ2v) is 8.31. The third-order valence-corrected chi connectivity index (χ3v) is 5.15. The summed E-state index contributed by atoms with van der Waals surface area (Å²) < 4.78 is 32.9. The van der Waals surface area contributed by atoms with Crippen LogP contribution in [0.5, 0.6) is 0 Å². The maximum absolute atomic E-state index is 13.7. The number of anilines is 1. The lowest BCUT2D eigenvalue weighted by Gasteiger charge is -2.52. The molecule has 1 aromatic carbocycles. The number of carbonyl (C=O) groups is 1. The van der Waals surface area contributed by atoms with Crippen LogP contribution in [0.2, 0.25) is 0 Å². The highest BCUT2D eigenvalue weighted by Gasteiger charge is 2.47. The van der Waals surface area contributed by atoms with Crippen LogP contribution in [-0.4, -0.2) is 35.7 Å². The summed E-state index contributed by atoms with van der Waals surface area (Å²) in [7, 11) is 0. The van der Waals surface area contributed by atoms with Crippen molar-refractivity contribution in [1.82, 2.24) is 4.90 Å². The van der Waals surface area contributed by atoms with Gasteiger partial charge in [0.2, 0.25) is 0 Å².